The molecular weight excluding hydrogens is 144 g/mol. The summed E-state index contributed by atoms with van der Waals surface area (Å²) in [5, 5.41) is 20.2. The van der Waals surface area contributed by atoms with Crippen molar-refractivity contribution in [2.75, 3.05) is 26.2 Å². The lowest BCUT2D eigenvalue weighted by molar-refractivity contribution is 0.193. The van der Waals surface area contributed by atoms with Gasteiger partial charge >= 0.3 is 0 Å². The number of rotatable bonds is 2. The zero-order valence-electron chi connectivity index (χ0n) is 6.53. The molecule has 4 heteroatoms. The molecule has 1 heterocycles. The van der Waals surface area contributed by atoms with Gasteiger partial charge in [-0.05, 0) is 0 Å². The summed E-state index contributed by atoms with van der Waals surface area (Å²) in [4.78, 5) is 2.16. The van der Waals surface area contributed by atoms with E-state index in [0.29, 0.717) is 0 Å². The Balaban J connectivity index is 2.24. The highest BCUT2D eigenvalue weighted by Gasteiger charge is 2.13. The molecule has 2 N–H and O–H groups in total. The maximum atomic E-state index is 8.62. The van der Waals surface area contributed by atoms with E-state index in [0.717, 1.165) is 38.2 Å². The zero-order valence-corrected chi connectivity index (χ0v) is 6.53. The van der Waals surface area contributed by atoms with Gasteiger partial charge in [-0.25, -0.2) is 0 Å². The summed E-state index contributed by atoms with van der Waals surface area (Å²) >= 11 is 0. The lowest BCUT2D eigenvalue weighted by atomic mass is 10.1. The van der Waals surface area contributed by atoms with Crippen LogP contribution in [0.5, 0.6) is 0 Å². The molecule has 4 nitrogen and oxygen atoms in total. The van der Waals surface area contributed by atoms with E-state index in [9.17, 15) is 0 Å². The average Bonchev–Trinajstić information content (AvgIpc) is 2.07. The molecule has 0 amide bonds. The Bertz CT molecular complexity index is 137. The van der Waals surface area contributed by atoms with E-state index in [2.05, 4.69) is 10.1 Å². The van der Waals surface area contributed by atoms with E-state index in [1.807, 2.05) is 0 Å². The first-order valence-electron chi connectivity index (χ1n) is 3.90. The number of nitrogens with zero attached hydrogens (tertiary/aromatic N) is 2. The number of likely N-dealkylation sites (tertiary alicyclic amines) is 1. The van der Waals surface area contributed by atoms with Crippen molar-refractivity contribution < 1.29 is 10.3 Å². The molecule has 0 spiro atoms. The lowest BCUT2D eigenvalue weighted by Crippen LogP contribution is -2.35. The number of piperidine rings is 1. The maximum Gasteiger partial charge on any atom is 0.0596 e. The highest BCUT2D eigenvalue weighted by molar-refractivity contribution is 5.84. The third kappa shape index (κ3) is 2.48. The average molecular weight is 158 g/mol. The van der Waals surface area contributed by atoms with Crippen molar-refractivity contribution in [2.45, 2.75) is 12.8 Å². The van der Waals surface area contributed by atoms with Crippen molar-refractivity contribution in [2.24, 2.45) is 5.16 Å². The molecule has 0 aliphatic carbocycles. The van der Waals surface area contributed by atoms with Crippen LogP contribution < -0.4 is 0 Å². The molecule has 1 aliphatic heterocycles. The summed E-state index contributed by atoms with van der Waals surface area (Å²) in [5.74, 6) is 0. The molecule has 0 radical (unpaired) electrons. The number of β-amino-alcohol motifs (C(OH)–C–C–N with tert-alkyl or cyclic N) is 1. The Morgan fingerprint density at radius 2 is 2.00 bits per heavy atom. The fraction of sp³-hybridized carbons (Fsp3) is 0.857. The minimum absolute atomic E-state index is 0.214. The van der Waals surface area contributed by atoms with Gasteiger partial charge in [-0.1, -0.05) is 5.16 Å². The van der Waals surface area contributed by atoms with Gasteiger partial charge < -0.3 is 15.2 Å². The number of aliphatic hydroxyl groups excluding tert-OH is 1. The molecule has 1 rings (SSSR count). The molecule has 1 saturated heterocycles. The van der Waals surface area contributed by atoms with E-state index in [4.69, 9.17) is 10.3 Å². The molecule has 1 fully saturated rings. The topological polar surface area (TPSA) is 56.1 Å². The van der Waals surface area contributed by atoms with Gasteiger partial charge in [0.15, 0.2) is 0 Å². The zero-order chi connectivity index (χ0) is 8.10. The second-order valence-corrected chi connectivity index (χ2v) is 2.73. The van der Waals surface area contributed by atoms with Gasteiger partial charge in [-0.3, -0.25) is 0 Å². The number of oxime groups is 1. The van der Waals surface area contributed by atoms with Gasteiger partial charge in [0.2, 0.25) is 0 Å². The van der Waals surface area contributed by atoms with Crippen LogP contribution in [0.15, 0.2) is 5.16 Å². The van der Waals surface area contributed by atoms with Crippen molar-refractivity contribution in [3.05, 3.63) is 0 Å². The summed E-state index contributed by atoms with van der Waals surface area (Å²) in [6.45, 7) is 2.75. The first-order chi connectivity index (χ1) is 5.36. The number of hydrogen-bond acceptors (Lipinski definition) is 4. The van der Waals surface area contributed by atoms with Crippen LogP contribution in [-0.2, 0) is 0 Å². The van der Waals surface area contributed by atoms with Gasteiger partial charge in [-0.2, -0.15) is 0 Å². The molecule has 0 atom stereocenters. The van der Waals surface area contributed by atoms with E-state index in [1.54, 1.807) is 0 Å². The summed E-state index contributed by atoms with van der Waals surface area (Å²) in [5.41, 5.74) is 0.874. The monoisotopic (exact) mass is 158 g/mol. The third-order valence-electron chi connectivity index (χ3n) is 1.99. The molecule has 64 valence electrons. The van der Waals surface area contributed by atoms with Gasteiger partial charge in [0.1, 0.15) is 0 Å². The molecule has 0 unspecified atom stereocenters. The first-order valence-corrected chi connectivity index (χ1v) is 3.90. The largest absolute Gasteiger partial charge is 0.411 e. The van der Waals surface area contributed by atoms with Crippen molar-refractivity contribution in [1.29, 1.82) is 0 Å². The quantitative estimate of drug-likeness (QED) is 0.436. The van der Waals surface area contributed by atoms with Gasteiger partial charge in [0, 0.05) is 32.5 Å². The van der Waals surface area contributed by atoms with E-state index >= 15 is 0 Å². The maximum absolute atomic E-state index is 8.62. The molecule has 11 heavy (non-hydrogen) atoms. The van der Waals surface area contributed by atoms with Gasteiger partial charge in [0.25, 0.3) is 0 Å². The first kappa shape index (κ1) is 8.49. The molecule has 0 saturated carbocycles. The molecule has 1 aliphatic rings. The van der Waals surface area contributed by atoms with Crippen molar-refractivity contribution in [3.8, 4) is 0 Å². The Morgan fingerprint density at radius 1 is 1.36 bits per heavy atom. The highest BCUT2D eigenvalue weighted by atomic mass is 16.4. The van der Waals surface area contributed by atoms with Crippen molar-refractivity contribution >= 4 is 5.71 Å². The Hall–Kier alpha value is -0.610. The fourth-order valence-corrected chi connectivity index (χ4v) is 1.28. The Labute approximate surface area is 66.1 Å². The summed E-state index contributed by atoms with van der Waals surface area (Å²) in [6.07, 6.45) is 1.66. The fourth-order valence-electron chi connectivity index (χ4n) is 1.28. The molecule has 0 aromatic heterocycles. The van der Waals surface area contributed by atoms with Crippen LogP contribution in [0.2, 0.25) is 0 Å². The number of hydrogen-bond donors (Lipinski definition) is 2. The van der Waals surface area contributed by atoms with Crippen molar-refractivity contribution in [3.63, 3.8) is 0 Å². The molecule has 0 bridgehead atoms. The van der Waals surface area contributed by atoms with E-state index < -0.39 is 0 Å². The van der Waals surface area contributed by atoms with Crippen molar-refractivity contribution in [1.82, 2.24) is 4.90 Å². The molecule has 0 aromatic rings. The Kier molecular flexibility index (Phi) is 3.32. The minimum Gasteiger partial charge on any atom is -0.411 e. The van der Waals surface area contributed by atoms with E-state index in [1.165, 1.54) is 0 Å². The van der Waals surface area contributed by atoms with E-state index in [-0.39, 0.29) is 6.61 Å². The van der Waals surface area contributed by atoms with Crippen LogP contribution in [0, 0.1) is 0 Å². The van der Waals surface area contributed by atoms with Gasteiger partial charge in [0.05, 0.1) is 12.3 Å². The molecule has 0 aromatic carbocycles. The summed E-state index contributed by atoms with van der Waals surface area (Å²) in [7, 11) is 0. The van der Waals surface area contributed by atoms with Gasteiger partial charge in [-0.15, -0.1) is 0 Å². The van der Waals surface area contributed by atoms with Crippen LogP contribution >= 0.6 is 0 Å². The number of aliphatic hydroxyl groups is 1. The third-order valence-corrected chi connectivity index (χ3v) is 1.99. The van der Waals surface area contributed by atoms with Crippen LogP contribution in [-0.4, -0.2) is 47.2 Å². The van der Waals surface area contributed by atoms with Crippen LogP contribution in [0.25, 0.3) is 0 Å². The second kappa shape index (κ2) is 4.31. The summed E-state index contributed by atoms with van der Waals surface area (Å²) in [6, 6.07) is 0. The van der Waals surface area contributed by atoms with Crippen LogP contribution in [0.4, 0.5) is 0 Å². The smallest absolute Gasteiger partial charge is 0.0596 e. The molecular formula is C7H14N2O2. The lowest BCUT2D eigenvalue weighted by Gasteiger charge is -2.25. The minimum atomic E-state index is 0.214. The SMILES string of the molecule is OCCN1CCC(=NO)CC1. The normalized spacial score (nSPS) is 20.3. The predicted molar refractivity (Wildman–Crippen MR) is 42.0 cm³/mol. The summed E-state index contributed by atoms with van der Waals surface area (Å²) < 4.78 is 0. The Morgan fingerprint density at radius 3 is 2.45 bits per heavy atom. The highest BCUT2D eigenvalue weighted by Crippen LogP contribution is 2.05. The second-order valence-electron chi connectivity index (χ2n) is 2.73. The standard InChI is InChI=1S/C7H14N2O2/c10-6-5-9-3-1-7(8-11)2-4-9/h10-11H,1-6H2. The van der Waals surface area contributed by atoms with Crippen LogP contribution in [0.1, 0.15) is 12.8 Å². The van der Waals surface area contributed by atoms with Crippen LogP contribution in [0.3, 0.4) is 0 Å². The predicted octanol–water partition coefficient (Wildman–Crippen LogP) is -0.0953.